The molecule has 2 aliphatic rings. The van der Waals surface area contributed by atoms with Gasteiger partial charge in [-0.2, -0.15) is 0 Å². The first kappa shape index (κ1) is 18.8. The number of nitrogens with zero attached hydrogens (tertiary/aromatic N) is 2. The molecule has 1 fully saturated rings. The second-order valence-corrected chi connectivity index (χ2v) is 7.50. The molecule has 1 N–H and O–H groups in total. The van der Waals surface area contributed by atoms with E-state index in [0.29, 0.717) is 18.7 Å². The Morgan fingerprint density at radius 2 is 1.89 bits per heavy atom. The number of hydrogen-bond donors (Lipinski definition) is 1. The molecule has 2 aromatic rings. The van der Waals surface area contributed by atoms with Crippen molar-refractivity contribution in [2.75, 3.05) is 50.8 Å². The minimum atomic E-state index is -0.0490. The van der Waals surface area contributed by atoms with Gasteiger partial charge in [0.15, 0.2) is 0 Å². The molecular weight excluding hydrogens is 374 g/mol. The van der Waals surface area contributed by atoms with Gasteiger partial charge >= 0.3 is 0 Å². The van der Waals surface area contributed by atoms with Crippen molar-refractivity contribution in [3.05, 3.63) is 64.7 Å². The molecule has 0 spiro atoms. The third-order valence-corrected chi connectivity index (χ3v) is 5.42. The lowest BCUT2D eigenvalue weighted by Crippen LogP contribution is -2.48. The molecule has 0 saturated carbocycles. The molecule has 2 heterocycles. The van der Waals surface area contributed by atoms with Gasteiger partial charge in [-0.1, -0.05) is 35.9 Å². The Labute approximate surface area is 170 Å². The van der Waals surface area contributed by atoms with Crippen LogP contribution in [0.15, 0.2) is 54.1 Å². The molecule has 0 aliphatic carbocycles. The summed E-state index contributed by atoms with van der Waals surface area (Å²) in [6, 6.07) is 15.8. The molecule has 0 atom stereocenters. The SMILES string of the molecule is O=C(NCCN1CCN(c2cccc(Cl)c2)CC1)C1=Cc2ccccc2OC1. The average Bonchev–Trinajstić information content (AvgIpc) is 2.74. The van der Waals surface area contributed by atoms with Crippen LogP contribution < -0.4 is 15.0 Å². The summed E-state index contributed by atoms with van der Waals surface area (Å²) in [5.74, 6) is 0.781. The number of anilines is 1. The number of hydrogen-bond acceptors (Lipinski definition) is 4. The summed E-state index contributed by atoms with van der Waals surface area (Å²) in [4.78, 5) is 17.1. The van der Waals surface area contributed by atoms with E-state index in [1.54, 1.807) is 0 Å². The van der Waals surface area contributed by atoms with E-state index in [2.05, 4.69) is 21.2 Å². The van der Waals surface area contributed by atoms with Gasteiger partial charge in [0.1, 0.15) is 12.4 Å². The van der Waals surface area contributed by atoms with Crippen molar-refractivity contribution < 1.29 is 9.53 Å². The van der Waals surface area contributed by atoms with Crippen LogP contribution in [-0.4, -0.2) is 56.7 Å². The lowest BCUT2D eigenvalue weighted by molar-refractivity contribution is -0.117. The molecule has 0 aromatic heterocycles. The zero-order chi connectivity index (χ0) is 19.3. The average molecular weight is 398 g/mol. The van der Waals surface area contributed by atoms with Gasteiger partial charge < -0.3 is 15.0 Å². The number of nitrogens with one attached hydrogen (secondary N) is 1. The number of rotatable bonds is 5. The monoisotopic (exact) mass is 397 g/mol. The first-order chi connectivity index (χ1) is 13.7. The van der Waals surface area contributed by atoms with Gasteiger partial charge in [-0.25, -0.2) is 0 Å². The minimum Gasteiger partial charge on any atom is -0.488 e. The zero-order valence-electron chi connectivity index (χ0n) is 15.7. The van der Waals surface area contributed by atoms with Crippen molar-refractivity contribution in [1.29, 1.82) is 0 Å². The number of fused-ring (bicyclic) bond motifs is 1. The first-order valence-electron chi connectivity index (χ1n) is 9.62. The van der Waals surface area contributed by atoms with Gasteiger partial charge in [0.2, 0.25) is 0 Å². The summed E-state index contributed by atoms with van der Waals surface area (Å²) in [5, 5.41) is 3.79. The Bertz CT molecular complexity index is 876. The highest BCUT2D eigenvalue weighted by molar-refractivity contribution is 6.30. The normalized spacial score (nSPS) is 16.8. The van der Waals surface area contributed by atoms with Crippen LogP contribution in [0.2, 0.25) is 5.02 Å². The molecule has 0 unspecified atom stereocenters. The maximum Gasteiger partial charge on any atom is 0.250 e. The molecular formula is C22H24ClN3O2. The summed E-state index contributed by atoms with van der Waals surface area (Å²) < 4.78 is 5.66. The summed E-state index contributed by atoms with van der Waals surface area (Å²) in [5.41, 5.74) is 2.80. The fourth-order valence-electron chi connectivity index (χ4n) is 3.59. The number of amides is 1. The van der Waals surface area contributed by atoms with Crippen LogP contribution in [0.25, 0.3) is 6.08 Å². The van der Waals surface area contributed by atoms with E-state index in [0.717, 1.165) is 49.1 Å². The molecule has 1 amide bonds. The fourth-order valence-corrected chi connectivity index (χ4v) is 3.78. The van der Waals surface area contributed by atoms with Crippen LogP contribution in [0, 0.1) is 0 Å². The largest absolute Gasteiger partial charge is 0.488 e. The van der Waals surface area contributed by atoms with Gasteiger partial charge in [-0.3, -0.25) is 9.69 Å². The highest BCUT2D eigenvalue weighted by Crippen LogP contribution is 2.25. The number of benzene rings is 2. The van der Waals surface area contributed by atoms with Crippen LogP contribution in [0.4, 0.5) is 5.69 Å². The number of carbonyl (C=O) groups is 1. The molecule has 0 bridgehead atoms. The van der Waals surface area contributed by atoms with Gasteiger partial charge in [0.05, 0.1) is 5.57 Å². The number of piperazine rings is 1. The van der Waals surface area contributed by atoms with E-state index >= 15 is 0 Å². The molecule has 2 aliphatic heterocycles. The zero-order valence-corrected chi connectivity index (χ0v) is 16.5. The van der Waals surface area contributed by atoms with Crippen LogP contribution in [-0.2, 0) is 4.79 Å². The lowest BCUT2D eigenvalue weighted by atomic mass is 10.1. The first-order valence-corrected chi connectivity index (χ1v) is 10.0. The van der Waals surface area contributed by atoms with Crippen LogP contribution in [0.5, 0.6) is 5.75 Å². The van der Waals surface area contributed by atoms with Crippen molar-refractivity contribution in [1.82, 2.24) is 10.2 Å². The molecule has 6 heteroatoms. The number of para-hydroxylation sites is 1. The molecule has 4 rings (SSSR count). The maximum atomic E-state index is 12.4. The van der Waals surface area contributed by atoms with Crippen molar-refractivity contribution in [3.63, 3.8) is 0 Å². The maximum absolute atomic E-state index is 12.4. The van der Waals surface area contributed by atoms with Crippen molar-refractivity contribution in [2.45, 2.75) is 0 Å². The van der Waals surface area contributed by atoms with Gasteiger partial charge in [-0.15, -0.1) is 0 Å². The second kappa shape index (κ2) is 8.67. The fraction of sp³-hybridized carbons (Fsp3) is 0.318. The van der Waals surface area contributed by atoms with Crippen molar-refractivity contribution in [2.24, 2.45) is 0 Å². The van der Waals surface area contributed by atoms with E-state index in [4.69, 9.17) is 16.3 Å². The summed E-state index contributed by atoms with van der Waals surface area (Å²) >= 11 is 6.09. The van der Waals surface area contributed by atoms with E-state index in [-0.39, 0.29) is 5.91 Å². The summed E-state index contributed by atoms with van der Waals surface area (Å²) in [6.07, 6.45) is 1.91. The van der Waals surface area contributed by atoms with E-state index in [9.17, 15) is 4.79 Å². The molecule has 1 saturated heterocycles. The number of carbonyl (C=O) groups excluding carboxylic acids is 1. The second-order valence-electron chi connectivity index (χ2n) is 7.06. The van der Waals surface area contributed by atoms with Crippen LogP contribution in [0.3, 0.4) is 0 Å². The highest BCUT2D eigenvalue weighted by Gasteiger charge is 2.19. The topological polar surface area (TPSA) is 44.8 Å². The smallest absolute Gasteiger partial charge is 0.250 e. The Hall–Kier alpha value is -2.50. The van der Waals surface area contributed by atoms with Gasteiger partial charge in [-0.05, 0) is 30.3 Å². The Morgan fingerprint density at radius 3 is 2.71 bits per heavy atom. The lowest BCUT2D eigenvalue weighted by Gasteiger charge is -2.36. The Balaban J connectivity index is 1.22. The van der Waals surface area contributed by atoms with Gasteiger partial charge in [0.25, 0.3) is 5.91 Å². The molecule has 0 radical (unpaired) electrons. The quantitative estimate of drug-likeness (QED) is 0.842. The molecule has 146 valence electrons. The predicted molar refractivity (Wildman–Crippen MR) is 113 cm³/mol. The third-order valence-electron chi connectivity index (χ3n) is 5.18. The number of halogens is 1. The summed E-state index contributed by atoms with van der Waals surface area (Å²) in [6.45, 7) is 5.67. The molecule has 2 aromatic carbocycles. The number of ether oxygens (including phenoxy) is 1. The third kappa shape index (κ3) is 4.49. The molecule has 28 heavy (non-hydrogen) atoms. The van der Waals surface area contributed by atoms with E-state index < -0.39 is 0 Å². The summed E-state index contributed by atoms with van der Waals surface area (Å²) in [7, 11) is 0. The van der Waals surface area contributed by atoms with Crippen LogP contribution >= 0.6 is 11.6 Å². The van der Waals surface area contributed by atoms with Crippen LogP contribution in [0.1, 0.15) is 5.56 Å². The Morgan fingerprint density at radius 1 is 1.07 bits per heavy atom. The highest BCUT2D eigenvalue weighted by atomic mass is 35.5. The van der Waals surface area contributed by atoms with E-state index in [1.807, 2.05) is 48.5 Å². The standard InChI is InChI=1S/C22H24ClN3O2/c23-19-5-3-6-20(15-19)26-12-10-25(11-13-26)9-8-24-22(27)18-14-17-4-1-2-7-21(17)28-16-18/h1-7,14-15H,8-13,16H2,(H,24,27). The van der Waals surface area contributed by atoms with E-state index in [1.165, 1.54) is 5.69 Å². The van der Waals surface area contributed by atoms with Crippen molar-refractivity contribution >= 4 is 29.3 Å². The Kier molecular flexibility index (Phi) is 5.84. The predicted octanol–water partition coefficient (Wildman–Crippen LogP) is 3.05. The van der Waals surface area contributed by atoms with Gasteiger partial charge in [0, 0.05) is 55.5 Å². The molecule has 5 nitrogen and oxygen atoms in total. The van der Waals surface area contributed by atoms with Crippen molar-refractivity contribution in [3.8, 4) is 5.75 Å². The minimum absolute atomic E-state index is 0.0490.